The normalized spacial score (nSPS) is 10.3. The highest BCUT2D eigenvalue weighted by Crippen LogP contribution is 2.27. The monoisotopic (exact) mass is 266 g/mol. The van der Waals surface area contributed by atoms with Crippen molar-refractivity contribution in [3.63, 3.8) is 0 Å². The fraction of sp³-hybridized carbons (Fsp3) is 0.182. The molecule has 1 aromatic heterocycles. The predicted octanol–water partition coefficient (Wildman–Crippen LogP) is 2.63. The summed E-state index contributed by atoms with van der Waals surface area (Å²) in [5.74, 6) is 0. The summed E-state index contributed by atoms with van der Waals surface area (Å²) in [6.45, 7) is 0.559. The van der Waals surface area contributed by atoms with E-state index in [0.29, 0.717) is 23.7 Å². The van der Waals surface area contributed by atoms with E-state index >= 15 is 0 Å². The van der Waals surface area contributed by atoms with Gasteiger partial charge in [0, 0.05) is 35.9 Å². The van der Waals surface area contributed by atoms with Crippen LogP contribution in [-0.4, -0.2) is 21.4 Å². The highest BCUT2D eigenvalue weighted by molar-refractivity contribution is 6.31. The molecule has 0 saturated heterocycles. The maximum absolute atomic E-state index is 10.8. The molecule has 18 heavy (non-hydrogen) atoms. The number of H-pyrrole nitrogens is 1. The van der Waals surface area contributed by atoms with E-state index < -0.39 is 4.92 Å². The number of halogens is 1. The number of hydrogen-bond acceptors (Lipinski definition) is 4. The van der Waals surface area contributed by atoms with Crippen LogP contribution in [0, 0.1) is 10.1 Å². The molecule has 0 aliphatic carbocycles. The van der Waals surface area contributed by atoms with E-state index in [1.54, 1.807) is 18.6 Å². The van der Waals surface area contributed by atoms with Gasteiger partial charge in [-0.3, -0.25) is 10.1 Å². The van der Waals surface area contributed by atoms with E-state index in [2.05, 4.69) is 15.3 Å². The van der Waals surface area contributed by atoms with E-state index in [-0.39, 0.29) is 5.69 Å². The molecule has 94 valence electrons. The van der Waals surface area contributed by atoms with E-state index in [1.165, 1.54) is 12.1 Å². The fourth-order valence-corrected chi connectivity index (χ4v) is 1.73. The number of rotatable bonds is 5. The third kappa shape index (κ3) is 2.98. The van der Waals surface area contributed by atoms with E-state index in [4.69, 9.17) is 11.6 Å². The number of anilines is 1. The van der Waals surface area contributed by atoms with Gasteiger partial charge in [0.1, 0.15) is 5.69 Å². The van der Waals surface area contributed by atoms with E-state index in [1.807, 2.05) is 0 Å². The van der Waals surface area contributed by atoms with E-state index in [9.17, 15) is 10.1 Å². The first-order chi connectivity index (χ1) is 8.66. The van der Waals surface area contributed by atoms with Gasteiger partial charge in [-0.2, -0.15) is 0 Å². The SMILES string of the molecule is O=[N+]([O-])c1ccc(Cl)cc1NCCc1cnc[nH]1. The zero-order chi connectivity index (χ0) is 13.0. The molecule has 1 aromatic carbocycles. The standard InChI is InChI=1S/C11H11ClN4O2/c12-8-1-2-11(16(17)18)10(5-8)14-4-3-9-6-13-7-15-9/h1-2,5-7,14H,3-4H2,(H,13,15). The molecule has 7 heteroatoms. The van der Waals surface area contributed by atoms with Gasteiger partial charge in [-0.1, -0.05) is 11.6 Å². The summed E-state index contributed by atoms with van der Waals surface area (Å²) in [5, 5.41) is 14.3. The van der Waals surface area contributed by atoms with Gasteiger partial charge in [-0.05, 0) is 12.1 Å². The van der Waals surface area contributed by atoms with Crippen LogP contribution in [0.1, 0.15) is 5.69 Å². The second-order valence-corrected chi connectivity index (χ2v) is 4.11. The van der Waals surface area contributed by atoms with Crippen molar-refractivity contribution in [3.8, 4) is 0 Å². The third-order valence-corrected chi connectivity index (χ3v) is 2.66. The van der Waals surface area contributed by atoms with Crippen LogP contribution in [0.3, 0.4) is 0 Å². The fourth-order valence-electron chi connectivity index (χ4n) is 1.56. The molecule has 0 unspecified atom stereocenters. The van der Waals surface area contributed by atoms with Crippen molar-refractivity contribution in [1.29, 1.82) is 0 Å². The van der Waals surface area contributed by atoms with Crippen molar-refractivity contribution in [3.05, 3.63) is 51.6 Å². The molecule has 0 bridgehead atoms. The Morgan fingerprint density at radius 3 is 3.00 bits per heavy atom. The number of nitro benzene ring substituents is 1. The first-order valence-corrected chi connectivity index (χ1v) is 5.69. The van der Waals surface area contributed by atoms with Gasteiger partial charge < -0.3 is 10.3 Å². The lowest BCUT2D eigenvalue weighted by molar-refractivity contribution is -0.384. The Morgan fingerprint density at radius 2 is 2.33 bits per heavy atom. The quantitative estimate of drug-likeness (QED) is 0.644. The molecule has 0 spiro atoms. The summed E-state index contributed by atoms with van der Waals surface area (Å²) in [5.41, 5.74) is 1.41. The van der Waals surface area contributed by atoms with Gasteiger partial charge >= 0.3 is 0 Å². The molecule has 2 aromatic rings. The number of nitrogens with zero attached hydrogens (tertiary/aromatic N) is 2. The zero-order valence-electron chi connectivity index (χ0n) is 9.39. The predicted molar refractivity (Wildman–Crippen MR) is 68.9 cm³/mol. The Hall–Kier alpha value is -2.08. The molecular weight excluding hydrogens is 256 g/mol. The van der Waals surface area contributed by atoms with Gasteiger partial charge in [0.25, 0.3) is 5.69 Å². The highest BCUT2D eigenvalue weighted by Gasteiger charge is 2.13. The number of nitro groups is 1. The van der Waals surface area contributed by atoms with Gasteiger partial charge in [0.15, 0.2) is 0 Å². The Bertz CT molecular complexity index is 542. The second kappa shape index (κ2) is 5.50. The molecule has 6 nitrogen and oxygen atoms in total. The van der Waals surface area contributed by atoms with Crippen molar-refractivity contribution in [1.82, 2.24) is 9.97 Å². The molecule has 0 aliphatic rings. The molecule has 2 N–H and O–H groups in total. The Labute approximate surface area is 108 Å². The smallest absolute Gasteiger partial charge is 0.292 e. The Morgan fingerprint density at radius 1 is 1.50 bits per heavy atom. The second-order valence-electron chi connectivity index (χ2n) is 3.67. The largest absolute Gasteiger partial charge is 0.379 e. The van der Waals surface area contributed by atoms with Gasteiger partial charge in [0.2, 0.25) is 0 Å². The van der Waals surface area contributed by atoms with Crippen LogP contribution in [0.25, 0.3) is 0 Å². The summed E-state index contributed by atoms with van der Waals surface area (Å²) in [4.78, 5) is 17.3. The lowest BCUT2D eigenvalue weighted by Crippen LogP contribution is -2.07. The van der Waals surface area contributed by atoms with Crippen LogP contribution >= 0.6 is 11.6 Å². The summed E-state index contributed by atoms with van der Waals surface area (Å²) in [6.07, 6.45) is 4.01. The van der Waals surface area contributed by atoms with Gasteiger partial charge in [-0.25, -0.2) is 4.98 Å². The number of benzene rings is 1. The maximum Gasteiger partial charge on any atom is 0.292 e. The minimum Gasteiger partial charge on any atom is -0.379 e. The zero-order valence-corrected chi connectivity index (χ0v) is 10.1. The van der Waals surface area contributed by atoms with Crippen molar-refractivity contribution in [2.75, 3.05) is 11.9 Å². The highest BCUT2D eigenvalue weighted by atomic mass is 35.5. The van der Waals surface area contributed by atoms with Gasteiger partial charge in [0.05, 0.1) is 11.3 Å². The molecule has 0 fully saturated rings. The number of aromatic nitrogens is 2. The number of aromatic amines is 1. The molecule has 0 radical (unpaired) electrons. The van der Waals surface area contributed by atoms with Crippen LogP contribution in [0.5, 0.6) is 0 Å². The summed E-state index contributed by atoms with van der Waals surface area (Å²) in [6, 6.07) is 4.44. The van der Waals surface area contributed by atoms with Gasteiger partial charge in [-0.15, -0.1) is 0 Å². The Balaban J connectivity index is 2.03. The van der Waals surface area contributed by atoms with Crippen LogP contribution in [0.15, 0.2) is 30.7 Å². The van der Waals surface area contributed by atoms with Crippen LogP contribution < -0.4 is 5.32 Å². The number of nitrogens with one attached hydrogen (secondary N) is 2. The molecule has 2 rings (SSSR count). The lowest BCUT2D eigenvalue weighted by Gasteiger charge is -2.06. The van der Waals surface area contributed by atoms with Crippen molar-refractivity contribution in [2.45, 2.75) is 6.42 Å². The Kier molecular flexibility index (Phi) is 3.78. The lowest BCUT2D eigenvalue weighted by atomic mass is 10.2. The molecular formula is C11H11ClN4O2. The summed E-state index contributed by atoms with van der Waals surface area (Å²) >= 11 is 5.82. The van der Waals surface area contributed by atoms with Crippen molar-refractivity contribution >= 4 is 23.0 Å². The first kappa shape index (κ1) is 12.4. The minimum atomic E-state index is -0.436. The van der Waals surface area contributed by atoms with Crippen LogP contribution in [-0.2, 0) is 6.42 Å². The number of imidazole rings is 1. The number of hydrogen-bond donors (Lipinski definition) is 2. The van der Waals surface area contributed by atoms with Crippen molar-refractivity contribution in [2.24, 2.45) is 0 Å². The minimum absolute atomic E-state index is 0.0176. The average molecular weight is 267 g/mol. The molecule has 0 amide bonds. The topological polar surface area (TPSA) is 83.8 Å². The van der Waals surface area contributed by atoms with Crippen LogP contribution in [0.4, 0.5) is 11.4 Å². The molecule has 0 aliphatic heterocycles. The molecule has 0 atom stereocenters. The molecule has 0 saturated carbocycles. The summed E-state index contributed by atoms with van der Waals surface area (Å²) in [7, 11) is 0. The third-order valence-electron chi connectivity index (χ3n) is 2.42. The van der Waals surface area contributed by atoms with Crippen LogP contribution in [0.2, 0.25) is 5.02 Å². The molecule has 1 heterocycles. The van der Waals surface area contributed by atoms with E-state index in [0.717, 1.165) is 5.69 Å². The maximum atomic E-state index is 10.8. The first-order valence-electron chi connectivity index (χ1n) is 5.32. The average Bonchev–Trinajstić information content (AvgIpc) is 2.82. The van der Waals surface area contributed by atoms with Crippen molar-refractivity contribution < 1.29 is 4.92 Å². The summed E-state index contributed by atoms with van der Waals surface area (Å²) < 4.78 is 0.